The minimum atomic E-state index is -0.282. The van der Waals surface area contributed by atoms with Gasteiger partial charge in [-0.15, -0.1) is 0 Å². The Kier molecular flexibility index (Phi) is 5.14. The van der Waals surface area contributed by atoms with E-state index in [0.29, 0.717) is 43.9 Å². The van der Waals surface area contributed by atoms with Gasteiger partial charge in [0.2, 0.25) is 5.91 Å². The average molecular weight is 382 g/mol. The molecule has 0 bridgehead atoms. The summed E-state index contributed by atoms with van der Waals surface area (Å²) in [6.45, 7) is 1.72. The third-order valence-electron chi connectivity index (χ3n) is 5.29. The summed E-state index contributed by atoms with van der Waals surface area (Å²) in [5, 5.41) is 0. The van der Waals surface area contributed by atoms with Gasteiger partial charge in [0.25, 0.3) is 5.91 Å². The first-order valence-corrected chi connectivity index (χ1v) is 9.57. The molecule has 4 rings (SSSR count). The number of carbonyl (C=O) groups is 3. The number of piperidine rings is 1. The van der Waals surface area contributed by atoms with Gasteiger partial charge in [-0.25, -0.2) is 0 Å². The van der Waals surface area contributed by atoms with Crippen molar-refractivity contribution in [1.29, 1.82) is 0 Å². The molecule has 0 aliphatic carbocycles. The number of carbonyl (C=O) groups excluding carboxylic acids is 3. The van der Waals surface area contributed by atoms with Crippen LogP contribution in [0.15, 0.2) is 47.1 Å². The number of benzene rings is 1. The Morgan fingerprint density at radius 2 is 1.79 bits per heavy atom. The summed E-state index contributed by atoms with van der Waals surface area (Å²) in [6.07, 6.45) is 4.05. The first-order chi connectivity index (χ1) is 13.6. The Morgan fingerprint density at radius 1 is 1.04 bits per heavy atom. The molecule has 2 saturated heterocycles. The van der Waals surface area contributed by atoms with Gasteiger partial charge < -0.3 is 19.0 Å². The maximum Gasteiger partial charge on any atom is 0.314 e. The fraction of sp³-hybridized carbons (Fsp3) is 0.381. The molecule has 1 aromatic heterocycles. The van der Waals surface area contributed by atoms with E-state index < -0.39 is 0 Å². The van der Waals surface area contributed by atoms with E-state index in [4.69, 9.17) is 9.15 Å². The number of nitrogens with zero attached hydrogens (tertiary/aromatic N) is 2. The molecule has 2 amide bonds. The van der Waals surface area contributed by atoms with E-state index in [-0.39, 0.29) is 23.7 Å². The van der Waals surface area contributed by atoms with Gasteiger partial charge in [0.05, 0.1) is 12.2 Å². The minimum Gasteiger partial charge on any atom is -0.459 e. The molecule has 0 atom stereocenters. The van der Waals surface area contributed by atoms with Crippen molar-refractivity contribution in [2.75, 3.05) is 24.5 Å². The van der Waals surface area contributed by atoms with E-state index in [0.717, 1.165) is 18.7 Å². The summed E-state index contributed by atoms with van der Waals surface area (Å²) in [6, 6.07) is 10.4. The highest BCUT2D eigenvalue weighted by Crippen LogP contribution is 2.26. The molecule has 0 saturated carbocycles. The maximum atomic E-state index is 12.5. The number of anilines is 1. The molecule has 0 radical (unpaired) electrons. The molecule has 7 nitrogen and oxygen atoms in total. The highest BCUT2D eigenvalue weighted by Gasteiger charge is 2.30. The molecule has 2 aliphatic heterocycles. The number of likely N-dealkylation sites (tertiary alicyclic amines) is 1. The molecule has 0 N–H and O–H groups in total. The molecule has 2 fully saturated rings. The molecule has 0 spiro atoms. The van der Waals surface area contributed by atoms with E-state index in [1.165, 1.54) is 6.26 Å². The molecule has 146 valence electrons. The van der Waals surface area contributed by atoms with Gasteiger partial charge in [0.15, 0.2) is 5.76 Å². The smallest absolute Gasteiger partial charge is 0.314 e. The van der Waals surface area contributed by atoms with Gasteiger partial charge >= 0.3 is 5.97 Å². The lowest BCUT2D eigenvalue weighted by Gasteiger charge is -2.30. The van der Waals surface area contributed by atoms with Crippen LogP contribution in [0.3, 0.4) is 0 Å². The van der Waals surface area contributed by atoms with E-state index in [1.807, 2.05) is 0 Å². The fourth-order valence-electron chi connectivity index (χ4n) is 3.69. The van der Waals surface area contributed by atoms with E-state index >= 15 is 0 Å². The zero-order valence-electron chi connectivity index (χ0n) is 15.5. The Hall–Kier alpha value is -3.09. The topological polar surface area (TPSA) is 80.1 Å². The number of hydrogen-bond donors (Lipinski definition) is 0. The van der Waals surface area contributed by atoms with E-state index in [9.17, 15) is 14.4 Å². The number of amides is 2. The number of hydrogen-bond acceptors (Lipinski definition) is 5. The van der Waals surface area contributed by atoms with Crippen molar-refractivity contribution in [2.24, 2.45) is 5.92 Å². The number of esters is 1. The molecular weight excluding hydrogens is 360 g/mol. The monoisotopic (exact) mass is 382 g/mol. The molecular formula is C21H22N2O5. The van der Waals surface area contributed by atoms with Crippen LogP contribution in [0.2, 0.25) is 0 Å². The van der Waals surface area contributed by atoms with Gasteiger partial charge in [0, 0.05) is 31.7 Å². The quantitative estimate of drug-likeness (QED) is 0.600. The van der Waals surface area contributed by atoms with Gasteiger partial charge in [-0.2, -0.15) is 0 Å². The Bertz CT molecular complexity index is 851. The van der Waals surface area contributed by atoms with Crippen LogP contribution in [0.5, 0.6) is 5.75 Å². The van der Waals surface area contributed by atoms with Crippen molar-refractivity contribution in [3.8, 4) is 5.75 Å². The van der Waals surface area contributed by atoms with Gasteiger partial charge in [-0.05, 0) is 55.7 Å². The summed E-state index contributed by atoms with van der Waals surface area (Å²) in [5.74, 6) is 0.243. The molecule has 7 heteroatoms. The van der Waals surface area contributed by atoms with Crippen LogP contribution in [-0.4, -0.2) is 42.3 Å². The lowest BCUT2D eigenvalue weighted by molar-refractivity contribution is -0.140. The van der Waals surface area contributed by atoms with Crippen LogP contribution in [0.4, 0.5) is 5.69 Å². The standard InChI is InChI=1S/C21H22N2O5/c24-19-4-1-11-23(19)16-5-7-17(8-6-16)28-21(26)15-9-12-22(13-10-15)20(25)18-3-2-14-27-18/h2-3,5-8,14-15H,1,4,9-13H2. The molecule has 0 unspecified atom stereocenters. The van der Waals surface area contributed by atoms with Crippen LogP contribution in [-0.2, 0) is 9.59 Å². The largest absolute Gasteiger partial charge is 0.459 e. The highest BCUT2D eigenvalue weighted by atomic mass is 16.5. The summed E-state index contributed by atoms with van der Waals surface area (Å²) in [4.78, 5) is 40.0. The normalized spacial score (nSPS) is 17.8. The van der Waals surface area contributed by atoms with Crippen molar-refractivity contribution in [1.82, 2.24) is 4.90 Å². The van der Waals surface area contributed by atoms with Crippen LogP contribution in [0.1, 0.15) is 36.2 Å². The lowest BCUT2D eigenvalue weighted by Crippen LogP contribution is -2.41. The minimum absolute atomic E-state index is 0.126. The maximum absolute atomic E-state index is 12.5. The van der Waals surface area contributed by atoms with Crippen LogP contribution in [0.25, 0.3) is 0 Å². The average Bonchev–Trinajstić information content (AvgIpc) is 3.40. The predicted molar refractivity (Wildman–Crippen MR) is 101 cm³/mol. The van der Waals surface area contributed by atoms with Crippen molar-refractivity contribution < 1.29 is 23.5 Å². The molecule has 28 heavy (non-hydrogen) atoms. The lowest BCUT2D eigenvalue weighted by atomic mass is 9.97. The first-order valence-electron chi connectivity index (χ1n) is 9.57. The Balaban J connectivity index is 1.30. The summed E-state index contributed by atoms with van der Waals surface area (Å²) < 4.78 is 10.6. The number of rotatable bonds is 4. The van der Waals surface area contributed by atoms with Crippen molar-refractivity contribution in [3.63, 3.8) is 0 Å². The second-order valence-electron chi connectivity index (χ2n) is 7.11. The fourth-order valence-corrected chi connectivity index (χ4v) is 3.69. The number of furan rings is 1. The van der Waals surface area contributed by atoms with Gasteiger partial charge in [0.1, 0.15) is 5.75 Å². The summed E-state index contributed by atoms with van der Waals surface area (Å²) in [7, 11) is 0. The third-order valence-corrected chi connectivity index (χ3v) is 5.29. The van der Waals surface area contributed by atoms with Gasteiger partial charge in [-0.1, -0.05) is 0 Å². The summed E-state index contributed by atoms with van der Waals surface area (Å²) in [5.41, 5.74) is 0.826. The molecule has 2 aromatic rings. The predicted octanol–water partition coefficient (Wildman–Crippen LogP) is 2.86. The first kappa shape index (κ1) is 18.3. The molecule has 3 heterocycles. The zero-order valence-corrected chi connectivity index (χ0v) is 15.5. The third kappa shape index (κ3) is 3.78. The number of ether oxygens (including phenoxy) is 1. The highest BCUT2D eigenvalue weighted by molar-refractivity contribution is 5.95. The zero-order chi connectivity index (χ0) is 19.5. The van der Waals surface area contributed by atoms with E-state index in [1.54, 1.807) is 46.2 Å². The molecule has 2 aliphatic rings. The van der Waals surface area contributed by atoms with E-state index in [2.05, 4.69) is 0 Å². The van der Waals surface area contributed by atoms with Crippen molar-refractivity contribution in [2.45, 2.75) is 25.7 Å². The summed E-state index contributed by atoms with van der Waals surface area (Å²) >= 11 is 0. The second kappa shape index (κ2) is 7.88. The Labute approximate surface area is 162 Å². The SMILES string of the molecule is O=C(Oc1ccc(N2CCCC2=O)cc1)C1CCN(C(=O)c2ccco2)CC1. The molecule has 1 aromatic carbocycles. The Morgan fingerprint density at radius 3 is 2.39 bits per heavy atom. The van der Waals surface area contributed by atoms with Gasteiger partial charge in [-0.3, -0.25) is 14.4 Å². The van der Waals surface area contributed by atoms with Crippen molar-refractivity contribution in [3.05, 3.63) is 48.4 Å². The van der Waals surface area contributed by atoms with Crippen molar-refractivity contribution >= 4 is 23.5 Å². The van der Waals surface area contributed by atoms with Crippen LogP contribution in [0, 0.1) is 5.92 Å². The van der Waals surface area contributed by atoms with Crippen LogP contribution < -0.4 is 9.64 Å². The van der Waals surface area contributed by atoms with Crippen LogP contribution >= 0.6 is 0 Å². The second-order valence-corrected chi connectivity index (χ2v) is 7.11.